The standard InChI is InChI=1S/C9H12N4OS/c1-5(3-8(11)14)12-9-7(4-10)6(2)13-15-9/h5,12H,3H2,1-2H3,(H2,11,14). The smallest absolute Gasteiger partial charge is 0.219 e. The van der Waals surface area contributed by atoms with Crippen molar-refractivity contribution in [2.75, 3.05) is 5.32 Å². The first-order valence-corrected chi connectivity index (χ1v) is 5.23. The van der Waals surface area contributed by atoms with Crippen molar-refractivity contribution < 1.29 is 4.79 Å². The van der Waals surface area contributed by atoms with Crippen molar-refractivity contribution in [1.82, 2.24) is 4.37 Å². The highest BCUT2D eigenvalue weighted by Gasteiger charge is 2.13. The number of rotatable bonds is 4. The van der Waals surface area contributed by atoms with E-state index < -0.39 is 0 Å². The monoisotopic (exact) mass is 224 g/mol. The molecule has 0 aromatic carbocycles. The van der Waals surface area contributed by atoms with Gasteiger partial charge < -0.3 is 11.1 Å². The molecule has 0 fully saturated rings. The Balaban J connectivity index is 2.73. The van der Waals surface area contributed by atoms with E-state index in [9.17, 15) is 4.79 Å². The van der Waals surface area contributed by atoms with Gasteiger partial charge in [0.05, 0.1) is 5.69 Å². The van der Waals surface area contributed by atoms with E-state index in [-0.39, 0.29) is 18.4 Å². The van der Waals surface area contributed by atoms with Gasteiger partial charge in [-0.15, -0.1) is 0 Å². The minimum absolute atomic E-state index is 0.0885. The van der Waals surface area contributed by atoms with Gasteiger partial charge in [0.1, 0.15) is 16.6 Å². The zero-order valence-electron chi connectivity index (χ0n) is 8.57. The van der Waals surface area contributed by atoms with Crippen molar-refractivity contribution in [3.05, 3.63) is 11.3 Å². The molecule has 1 amide bonds. The van der Waals surface area contributed by atoms with Crippen LogP contribution in [-0.4, -0.2) is 16.3 Å². The second kappa shape index (κ2) is 4.75. The Morgan fingerprint density at radius 3 is 3.00 bits per heavy atom. The number of nitrogens with one attached hydrogen (secondary N) is 1. The lowest BCUT2D eigenvalue weighted by Gasteiger charge is -2.10. The first kappa shape index (κ1) is 11.5. The zero-order chi connectivity index (χ0) is 11.4. The average molecular weight is 224 g/mol. The van der Waals surface area contributed by atoms with Crippen LogP contribution in [0.3, 0.4) is 0 Å². The van der Waals surface area contributed by atoms with E-state index in [1.54, 1.807) is 6.92 Å². The lowest BCUT2D eigenvalue weighted by molar-refractivity contribution is -0.118. The lowest BCUT2D eigenvalue weighted by Crippen LogP contribution is -2.23. The van der Waals surface area contributed by atoms with E-state index in [2.05, 4.69) is 15.8 Å². The molecule has 3 N–H and O–H groups in total. The van der Waals surface area contributed by atoms with Crippen LogP contribution < -0.4 is 11.1 Å². The minimum Gasteiger partial charge on any atom is -0.372 e. The average Bonchev–Trinajstić information content (AvgIpc) is 2.45. The van der Waals surface area contributed by atoms with Crippen LogP contribution in [0.2, 0.25) is 0 Å². The Hall–Kier alpha value is -1.61. The fraction of sp³-hybridized carbons (Fsp3) is 0.444. The van der Waals surface area contributed by atoms with Gasteiger partial charge in [0.15, 0.2) is 0 Å². The zero-order valence-corrected chi connectivity index (χ0v) is 9.39. The van der Waals surface area contributed by atoms with Crippen molar-refractivity contribution >= 4 is 22.4 Å². The Kier molecular flexibility index (Phi) is 3.63. The number of nitrogens with two attached hydrogens (primary N) is 1. The molecule has 6 heteroatoms. The molecule has 1 unspecified atom stereocenters. The summed E-state index contributed by atoms with van der Waals surface area (Å²) in [6, 6.07) is 1.98. The van der Waals surface area contributed by atoms with Gasteiger partial charge in [-0.25, -0.2) is 0 Å². The third-order valence-corrected chi connectivity index (χ3v) is 2.73. The second-order valence-electron chi connectivity index (χ2n) is 3.30. The largest absolute Gasteiger partial charge is 0.372 e. The van der Waals surface area contributed by atoms with Crippen LogP contribution in [-0.2, 0) is 4.79 Å². The number of amides is 1. The van der Waals surface area contributed by atoms with Crippen LogP contribution in [0.4, 0.5) is 5.00 Å². The molecule has 1 aromatic heterocycles. The number of nitrogens with zero attached hydrogens (tertiary/aromatic N) is 2. The summed E-state index contributed by atoms with van der Waals surface area (Å²) >= 11 is 1.22. The molecule has 0 bridgehead atoms. The summed E-state index contributed by atoms with van der Waals surface area (Å²) in [6.07, 6.45) is 0.238. The molecule has 0 radical (unpaired) electrons. The van der Waals surface area contributed by atoms with Crippen LogP contribution in [0.1, 0.15) is 24.6 Å². The van der Waals surface area contributed by atoms with Gasteiger partial charge in [-0.3, -0.25) is 4.79 Å². The van der Waals surface area contributed by atoms with Crippen LogP contribution >= 0.6 is 11.5 Å². The molecule has 1 rings (SSSR count). The summed E-state index contributed by atoms with van der Waals surface area (Å²) < 4.78 is 4.06. The van der Waals surface area contributed by atoms with Gasteiger partial charge in [0.25, 0.3) is 0 Å². The molecule has 15 heavy (non-hydrogen) atoms. The van der Waals surface area contributed by atoms with Crippen LogP contribution in [0.5, 0.6) is 0 Å². The molecule has 1 heterocycles. The van der Waals surface area contributed by atoms with E-state index in [0.29, 0.717) is 16.3 Å². The maximum absolute atomic E-state index is 10.7. The highest BCUT2D eigenvalue weighted by atomic mass is 32.1. The van der Waals surface area contributed by atoms with Crippen LogP contribution in [0, 0.1) is 18.3 Å². The fourth-order valence-electron chi connectivity index (χ4n) is 1.18. The van der Waals surface area contributed by atoms with Crippen LogP contribution in [0.15, 0.2) is 0 Å². The number of nitriles is 1. The minimum atomic E-state index is -0.366. The Bertz CT molecular complexity index is 407. The summed E-state index contributed by atoms with van der Waals surface area (Å²) in [5.74, 6) is -0.366. The topological polar surface area (TPSA) is 91.8 Å². The molecular formula is C9H12N4OS. The van der Waals surface area contributed by atoms with E-state index in [4.69, 9.17) is 11.0 Å². The summed E-state index contributed by atoms with van der Waals surface area (Å²) in [7, 11) is 0. The van der Waals surface area contributed by atoms with E-state index >= 15 is 0 Å². The normalized spacial score (nSPS) is 11.8. The summed E-state index contributed by atoms with van der Waals surface area (Å²) in [6.45, 7) is 3.61. The molecule has 0 saturated heterocycles. The molecule has 0 saturated carbocycles. The third kappa shape index (κ3) is 2.92. The highest BCUT2D eigenvalue weighted by Crippen LogP contribution is 2.24. The Morgan fingerprint density at radius 1 is 1.80 bits per heavy atom. The predicted octanol–water partition coefficient (Wildman–Crippen LogP) is 0.999. The number of aryl methyl sites for hydroxylation is 1. The number of carbonyl (C=O) groups excluding carboxylic acids is 1. The highest BCUT2D eigenvalue weighted by molar-refractivity contribution is 7.10. The van der Waals surface area contributed by atoms with Gasteiger partial charge >= 0.3 is 0 Å². The molecule has 0 aliphatic rings. The van der Waals surface area contributed by atoms with Gasteiger partial charge in [-0.05, 0) is 25.4 Å². The quantitative estimate of drug-likeness (QED) is 0.798. The third-order valence-electron chi connectivity index (χ3n) is 1.86. The van der Waals surface area contributed by atoms with Gasteiger partial charge in [0.2, 0.25) is 5.91 Å². The number of hydrogen-bond donors (Lipinski definition) is 2. The molecule has 0 aliphatic carbocycles. The number of hydrogen-bond acceptors (Lipinski definition) is 5. The Morgan fingerprint density at radius 2 is 2.47 bits per heavy atom. The number of aromatic nitrogens is 1. The lowest BCUT2D eigenvalue weighted by atomic mass is 10.2. The van der Waals surface area contributed by atoms with Gasteiger partial charge in [-0.1, -0.05) is 0 Å². The van der Waals surface area contributed by atoms with Gasteiger partial charge in [-0.2, -0.15) is 9.64 Å². The molecule has 1 atom stereocenters. The fourth-order valence-corrected chi connectivity index (χ4v) is 2.03. The van der Waals surface area contributed by atoms with E-state index in [0.717, 1.165) is 0 Å². The number of carbonyl (C=O) groups is 1. The van der Waals surface area contributed by atoms with Crippen molar-refractivity contribution in [3.63, 3.8) is 0 Å². The van der Waals surface area contributed by atoms with Gasteiger partial charge in [0, 0.05) is 12.5 Å². The van der Waals surface area contributed by atoms with Crippen molar-refractivity contribution in [1.29, 1.82) is 5.26 Å². The molecule has 5 nitrogen and oxygen atoms in total. The molecule has 0 aliphatic heterocycles. The number of primary amides is 1. The molecule has 80 valence electrons. The van der Waals surface area contributed by atoms with Crippen LogP contribution in [0.25, 0.3) is 0 Å². The predicted molar refractivity (Wildman–Crippen MR) is 58.5 cm³/mol. The first-order valence-electron chi connectivity index (χ1n) is 4.45. The van der Waals surface area contributed by atoms with Crippen molar-refractivity contribution in [2.45, 2.75) is 26.3 Å². The van der Waals surface area contributed by atoms with Crippen molar-refractivity contribution in [3.8, 4) is 6.07 Å². The van der Waals surface area contributed by atoms with Crippen molar-refractivity contribution in [2.24, 2.45) is 5.73 Å². The molecule has 1 aromatic rings. The van der Waals surface area contributed by atoms with E-state index in [1.807, 2.05) is 6.92 Å². The first-order chi connectivity index (χ1) is 7.04. The maximum Gasteiger partial charge on any atom is 0.219 e. The van der Waals surface area contributed by atoms with E-state index in [1.165, 1.54) is 11.5 Å². The SMILES string of the molecule is Cc1nsc(NC(C)CC(N)=O)c1C#N. The summed E-state index contributed by atoms with van der Waals surface area (Å²) in [5, 5.41) is 12.6. The maximum atomic E-state index is 10.7. The second-order valence-corrected chi connectivity index (χ2v) is 4.07. The number of anilines is 1. The molecule has 0 spiro atoms. The molecular weight excluding hydrogens is 212 g/mol. The summed E-state index contributed by atoms with van der Waals surface area (Å²) in [5.41, 5.74) is 6.31. The Labute approximate surface area is 92.1 Å². The summed E-state index contributed by atoms with van der Waals surface area (Å²) in [4.78, 5) is 10.7.